The number of hydrogen-bond donors (Lipinski definition) is 0. The Balaban J connectivity index is 0.000000384. The summed E-state index contributed by atoms with van der Waals surface area (Å²) < 4.78 is 0. The fraction of sp³-hybridized carbons (Fsp3) is 0. The van der Waals surface area contributed by atoms with Crippen molar-refractivity contribution in [2.45, 2.75) is 0 Å². The van der Waals surface area contributed by atoms with Crippen LogP contribution in [0, 0.1) is 0 Å². The minimum atomic E-state index is -1.24. The van der Waals surface area contributed by atoms with Crippen LogP contribution in [0.2, 0.25) is 0 Å². The van der Waals surface area contributed by atoms with Gasteiger partial charge in [0.1, 0.15) is 0 Å². The molecule has 10 heteroatoms. The molecule has 0 bridgehead atoms. The van der Waals surface area contributed by atoms with E-state index in [2.05, 4.69) is 15.0 Å². The standard InChI is InChI=1S/3C6H5NO2.Ir/c3*8-6(9)5-3-1-2-4-7-5;/h3*1-4H,(H,8,9);/q;;;+3/p-3. The number of hydrogen-bond acceptors (Lipinski definition) is 9. The first kappa shape index (κ1) is 24.5. The topological polar surface area (TPSA) is 159 Å². The Bertz CT molecular complexity index is 747. The molecule has 3 aromatic heterocycles. The largest absolute Gasteiger partial charge is 3.00 e. The average Bonchev–Trinajstić information content (AvgIpc) is 2.71. The van der Waals surface area contributed by atoms with Gasteiger partial charge in [-0.1, -0.05) is 18.2 Å². The van der Waals surface area contributed by atoms with Crippen molar-refractivity contribution in [2.75, 3.05) is 0 Å². The van der Waals surface area contributed by atoms with Gasteiger partial charge in [-0.25, -0.2) is 0 Å². The van der Waals surface area contributed by atoms with Crippen molar-refractivity contribution in [2.24, 2.45) is 0 Å². The summed E-state index contributed by atoms with van der Waals surface area (Å²) in [6.07, 6.45) is 4.22. The van der Waals surface area contributed by atoms with E-state index < -0.39 is 17.9 Å². The molecule has 144 valence electrons. The third-order valence-corrected chi connectivity index (χ3v) is 2.62. The minimum absolute atomic E-state index is 0. The van der Waals surface area contributed by atoms with Crippen LogP contribution in [0.5, 0.6) is 0 Å². The van der Waals surface area contributed by atoms with Crippen LogP contribution >= 0.6 is 0 Å². The predicted molar refractivity (Wildman–Crippen MR) is 85.7 cm³/mol. The summed E-state index contributed by atoms with van der Waals surface area (Å²) in [6.45, 7) is 0. The van der Waals surface area contributed by atoms with E-state index in [9.17, 15) is 29.7 Å². The first-order valence-corrected chi connectivity index (χ1v) is 7.29. The Labute approximate surface area is 173 Å². The van der Waals surface area contributed by atoms with Gasteiger partial charge in [0.25, 0.3) is 0 Å². The van der Waals surface area contributed by atoms with E-state index in [0.29, 0.717) is 0 Å². The van der Waals surface area contributed by atoms with Crippen molar-refractivity contribution in [1.29, 1.82) is 0 Å². The zero-order valence-corrected chi connectivity index (χ0v) is 16.4. The molecule has 0 aromatic carbocycles. The van der Waals surface area contributed by atoms with Gasteiger partial charge in [0.2, 0.25) is 0 Å². The van der Waals surface area contributed by atoms with Crippen molar-refractivity contribution >= 4 is 17.9 Å². The van der Waals surface area contributed by atoms with Crippen molar-refractivity contribution in [3.05, 3.63) is 90.3 Å². The molecule has 28 heavy (non-hydrogen) atoms. The zero-order chi connectivity index (χ0) is 20.1. The molecule has 0 amide bonds. The van der Waals surface area contributed by atoms with Crippen LogP contribution in [-0.4, -0.2) is 32.9 Å². The van der Waals surface area contributed by atoms with Crippen molar-refractivity contribution < 1.29 is 49.8 Å². The fourth-order valence-electron chi connectivity index (χ4n) is 1.45. The molecule has 0 spiro atoms. The summed E-state index contributed by atoms with van der Waals surface area (Å²) in [4.78, 5) is 40.6. The van der Waals surface area contributed by atoms with E-state index in [1.54, 1.807) is 36.4 Å². The first-order chi connectivity index (χ1) is 12.9. The van der Waals surface area contributed by atoms with Gasteiger partial charge >= 0.3 is 20.1 Å². The van der Waals surface area contributed by atoms with E-state index in [0.717, 1.165) is 0 Å². The van der Waals surface area contributed by atoms with Crippen molar-refractivity contribution in [1.82, 2.24) is 15.0 Å². The summed E-state index contributed by atoms with van der Waals surface area (Å²) in [7, 11) is 0. The number of carbonyl (C=O) groups excluding carboxylic acids is 3. The molecule has 0 aliphatic rings. The van der Waals surface area contributed by atoms with E-state index >= 15 is 0 Å². The molecule has 0 aliphatic heterocycles. The number of pyridine rings is 3. The van der Waals surface area contributed by atoms with Gasteiger partial charge in [0.05, 0.1) is 35.0 Å². The number of nitrogens with zero attached hydrogens (tertiary/aromatic N) is 3. The van der Waals surface area contributed by atoms with E-state index in [-0.39, 0.29) is 37.2 Å². The third-order valence-electron chi connectivity index (χ3n) is 2.62. The molecule has 0 fully saturated rings. The molecule has 0 radical (unpaired) electrons. The minimum Gasteiger partial charge on any atom is -0.543 e. The number of aromatic nitrogens is 3. The Kier molecular flexibility index (Phi) is 12.0. The maximum atomic E-state index is 10.0. The van der Waals surface area contributed by atoms with Crippen LogP contribution in [0.4, 0.5) is 0 Å². The summed E-state index contributed by atoms with van der Waals surface area (Å²) in [6, 6.07) is 13.9. The molecular formula is C18H12IrN3O6. The van der Waals surface area contributed by atoms with Crippen LogP contribution in [0.3, 0.4) is 0 Å². The average molecular weight is 559 g/mol. The maximum Gasteiger partial charge on any atom is 3.00 e. The van der Waals surface area contributed by atoms with E-state index in [4.69, 9.17) is 0 Å². The molecule has 0 unspecified atom stereocenters. The van der Waals surface area contributed by atoms with Crippen molar-refractivity contribution in [3.63, 3.8) is 0 Å². The monoisotopic (exact) mass is 559 g/mol. The maximum absolute atomic E-state index is 10.0. The smallest absolute Gasteiger partial charge is 0.543 e. The van der Waals surface area contributed by atoms with Gasteiger partial charge in [-0.3, -0.25) is 15.0 Å². The van der Waals surface area contributed by atoms with E-state index in [1.165, 1.54) is 36.8 Å². The van der Waals surface area contributed by atoms with Crippen molar-refractivity contribution in [3.8, 4) is 0 Å². The summed E-state index contributed by atoms with van der Waals surface area (Å²) in [5.74, 6) is -3.72. The van der Waals surface area contributed by atoms with Crippen LogP contribution in [0.25, 0.3) is 0 Å². The molecular weight excluding hydrogens is 546 g/mol. The number of carboxylic acids is 3. The van der Waals surface area contributed by atoms with Crippen LogP contribution in [0.15, 0.2) is 73.2 Å². The molecule has 0 saturated heterocycles. The molecule has 0 atom stereocenters. The second-order valence-corrected chi connectivity index (χ2v) is 4.51. The zero-order valence-electron chi connectivity index (χ0n) is 14.1. The van der Waals surface area contributed by atoms with Gasteiger partial charge in [0, 0.05) is 18.6 Å². The number of carbonyl (C=O) groups is 3. The Morgan fingerprint density at radius 3 is 0.893 bits per heavy atom. The number of carboxylic acid groups (broad SMARTS) is 3. The van der Waals surface area contributed by atoms with Crippen LogP contribution in [0.1, 0.15) is 31.5 Å². The number of aromatic carboxylic acids is 3. The number of rotatable bonds is 3. The van der Waals surface area contributed by atoms with Crippen LogP contribution in [-0.2, 0) is 20.1 Å². The van der Waals surface area contributed by atoms with Gasteiger partial charge in [-0.2, -0.15) is 0 Å². The summed E-state index contributed by atoms with van der Waals surface area (Å²) >= 11 is 0. The SMILES string of the molecule is O=C([O-])c1ccccn1.O=C([O-])c1ccccn1.O=C([O-])c1ccccn1.[Ir+3]. The molecule has 0 saturated carbocycles. The Morgan fingerprint density at radius 2 is 0.786 bits per heavy atom. The fourth-order valence-corrected chi connectivity index (χ4v) is 1.45. The van der Waals surface area contributed by atoms with Crippen LogP contribution < -0.4 is 15.3 Å². The van der Waals surface area contributed by atoms with Gasteiger partial charge in [-0.05, 0) is 36.4 Å². The Hall–Kier alpha value is -3.49. The molecule has 3 aromatic rings. The predicted octanol–water partition coefficient (Wildman–Crippen LogP) is -1.67. The normalized spacial score (nSPS) is 8.57. The van der Waals surface area contributed by atoms with E-state index in [1.807, 2.05) is 0 Å². The molecule has 3 heterocycles. The second kappa shape index (κ2) is 13.7. The quantitative estimate of drug-likeness (QED) is 0.366. The van der Waals surface area contributed by atoms with Gasteiger partial charge < -0.3 is 29.7 Å². The molecule has 3 rings (SSSR count). The first-order valence-electron chi connectivity index (χ1n) is 7.29. The third kappa shape index (κ3) is 9.85. The summed E-state index contributed by atoms with van der Waals surface area (Å²) in [5, 5.41) is 30.1. The summed E-state index contributed by atoms with van der Waals surface area (Å²) in [5.41, 5.74) is -0.0903. The second-order valence-electron chi connectivity index (χ2n) is 4.51. The molecule has 0 aliphatic carbocycles. The van der Waals surface area contributed by atoms with Gasteiger partial charge in [-0.15, -0.1) is 0 Å². The molecule has 0 N–H and O–H groups in total. The van der Waals surface area contributed by atoms with Gasteiger partial charge in [0.15, 0.2) is 0 Å². The Morgan fingerprint density at radius 1 is 0.536 bits per heavy atom. The molecule has 9 nitrogen and oxygen atoms in total.